The van der Waals surface area contributed by atoms with E-state index in [9.17, 15) is 4.79 Å². The Morgan fingerprint density at radius 3 is 2.25 bits per heavy atom. The van der Waals surface area contributed by atoms with Gasteiger partial charge in [0.05, 0.1) is 38.4 Å². The van der Waals surface area contributed by atoms with E-state index in [1.54, 1.807) is 39.5 Å². The first-order valence-corrected chi connectivity index (χ1v) is 10.0. The molecule has 0 radical (unpaired) electrons. The quantitative estimate of drug-likeness (QED) is 0.338. The molecule has 0 heterocycles. The van der Waals surface area contributed by atoms with E-state index >= 15 is 0 Å². The number of rotatable bonds is 9. The highest BCUT2D eigenvalue weighted by atomic mass is 16.5. The van der Waals surface area contributed by atoms with Gasteiger partial charge in [0.1, 0.15) is 0 Å². The van der Waals surface area contributed by atoms with Gasteiger partial charge in [-0.05, 0) is 41.5 Å². The average Bonchev–Trinajstić information content (AvgIpc) is 2.82. The van der Waals surface area contributed by atoms with E-state index in [-0.39, 0.29) is 5.91 Å². The maximum Gasteiger partial charge on any atom is 0.248 e. The molecule has 1 amide bonds. The Labute approximate surface area is 187 Å². The Kier molecular flexibility index (Phi) is 7.59. The molecule has 0 saturated heterocycles. The first-order chi connectivity index (χ1) is 15.5. The van der Waals surface area contributed by atoms with Crippen molar-refractivity contribution in [3.05, 3.63) is 77.9 Å². The van der Waals surface area contributed by atoms with Crippen LogP contribution >= 0.6 is 0 Å². The molecule has 0 aromatic heterocycles. The Bertz CT molecular complexity index is 1090. The van der Waals surface area contributed by atoms with E-state index in [4.69, 9.17) is 19.9 Å². The number of benzene rings is 3. The van der Waals surface area contributed by atoms with E-state index in [1.165, 1.54) is 6.08 Å². The van der Waals surface area contributed by atoms with Crippen molar-refractivity contribution in [2.45, 2.75) is 6.54 Å². The number of hydrogen-bond acceptors (Lipinski definition) is 6. The first-order valence-electron chi connectivity index (χ1n) is 10.0. The molecule has 3 rings (SSSR count). The Morgan fingerprint density at radius 1 is 0.875 bits per heavy atom. The summed E-state index contributed by atoms with van der Waals surface area (Å²) in [7, 11) is 4.75. The van der Waals surface area contributed by atoms with Crippen LogP contribution in [-0.4, -0.2) is 27.2 Å². The summed E-state index contributed by atoms with van der Waals surface area (Å²) >= 11 is 0. The number of nitrogens with two attached hydrogens (primary N) is 1. The highest BCUT2D eigenvalue weighted by Crippen LogP contribution is 2.42. The van der Waals surface area contributed by atoms with E-state index in [1.807, 2.05) is 48.5 Å². The lowest BCUT2D eigenvalue weighted by Crippen LogP contribution is -2.09. The Morgan fingerprint density at radius 2 is 1.59 bits per heavy atom. The molecule has 0 unspecified atom stereocenters. The zero-order valence-corrected chi connectivity index (χ0v) is 18.3. The van der Waals surface area contributed by atoms with Gasteiger partial charge in [-0.3, -0.25) is 4.79 Å². The highest BCUT2D eigenvalue weighted by Gasteiger charge is 2.15. The lowest BCUT2D eigenvalue weighted by atomic mass is 10.1. The fourth-order valence-corrected chi connectivity index (χ4v) is 3.14. The molecule has 0 fully saturated rings. The van der Waals surface area contributed by atoms with Crippen LogP contribution in [0, 0.1) is 0 Å². The third kappa shape index (κ3) is 5.51. The Balaban J connectivity index is 1.61. The van der Waals surface area contributed by atoms with Gasteiger partial charge >= 0.3 is 0 Å². The summed E-state index contributed by atoms with van der Waals surface area (Å²) in [4.78, 5) is 12.1. The number of nitrogen functional groups attached to an aromatic ring is 1. The summed E-state index contributed by atoms with van der Waals surface area (Å²) in [6, 6.07) is 18.7. The monoisotopic (exact) mass is 433 g/mol. The summed E-state index contributed by atoms with van der Waals surface area (Å²) in [5, 5.41) is 6.12. The largest absolute Gasteiger partial charge is 0.493 e. The molecule has 7 heteroatoms. The summed E-state index contributed by atoms with van der Waals surface area (Å²) < 4.78 is 16.2. The summed E-state index contributed by atoms with van der Waals surface area (Å²) in [6.45, 7) is 0.587. The number of hydrogen-bond donors (Lipinski definition) is 3. The van der Waals surface area contributed by atoms with Gasteiger partial charge in [-0.25, -0.2) is 0 Å². The number of anilines is 3. The van der Waals surface area contributed by atoms with Crippen molar-refractivity contribution in [3.8, 4) is 17.2 Å². The number of methoxy groups -OCH3 is 3. The number of amides is 1. The van der Waals surface area contributed by atoms with Crippen LogP contribution in [0.25, 0.3) is 6.08 Å². The molecule has 0 spiro atoms. The topological polar surface area (TPSA) is 94.8 Å². The van der Waals surface area contributed by atoms with Crippen LogP contribution in [0.2, 0.25) is 0 Å². The molecule has 166 valence electrons. The average molecular weight is 434 g/mol. The molecular weight excluding hydrogens is 406 g/mol. The van der Waals surface area contributed by atoms with E-state index in [0.29, 0.717) is 35.2 Å². The van der Waals surface area contributed by atoms with Crippen LogP contribution < -0.4 is 30.6 Å². The molecular formula is C25H27N3O4. The van der Waals surface area contributed by atoms with Crippen LogP contribution in [0.1, 0.15) is 11.1 Å². The van der Waals surface area contributed by atoms with Gasteiger partial charge in [0, 0.05) is 12.6 Å². The van der Waals surface area contributed by atoms with Gasteiger partial charge in [-0.2, -0.15) is 0 Å². The number of para-hydroxylation sites is 2. The fraction of sp³-hybridized carbons (Fsp3) is 0.160. The molecule has 32 heavy (non-hydrogen) atoms. The summed E-state index contributed by atoms with van der Waals surface area (Å²) in [5.74, 6) is 1.48. The molecule has 3 aromatic carbocycles. The molecule has 0 aliphatic heterocycles. The molecule has 4 N–H and O–H groups in total. The third-order valence-corrected chi connectivity index (χ3v) is 4.81. The smallest absolute Gasteiger partial charge is 0.248 e. The van der Waals surface area contributed by atoms with Gasteiger partial charge < -0.3 is 30.6 Å². The predicted octanol–water partition coefficient (Wildman–Crippen LogP) is 4.56. The summed E-state index contributed by atoms with van der Waals surface area (Å²) in [5.41, 5.74) is 9.74. The third-order valence-electron chi connectivity index (χ3n) is 4.81. The van der Waals surface area contributed by atoms with Gasteiger partial charge in [0.15, 0.2) is 11.5 Å². The predicted molar refractivity (Wildman–Crippen MR) is 128 cm³/mol. The summed E-state index contributed by atoms with van der Waals surface area (Å²) in [6.07, 6.45) is 3.23. The second kappa shape index (κ2) is 10.8. The SMILES string of the molecule is COc1ccc(NCc2ccc(C=CC(=O)Nc3ccccc3N)cc2)c(OC)c1OC. The minimum absolute atomic E-state index is 0.241. The van der Waals surface area contributed by atoms with Crippen LogP contribution in [0.4, 0.5) is 17.1 Å². The molecule has 0 aliphatic rings. The van der Waals surface area contributed by atoms with Crippen molar-refractivity contribution in [2.75, 3.05) is 37.7 Å². The zero-order chi connectivity index (χ0) is 22.9. The van der Waals surface area contributed by atoms with Gasteiger partial charge in [0.2, 0.25) is 11.7 Å². The maximum absolute atomic E-state index is 12.1. The fourth-order valence-electron chi connectivity index (χ4n) is 3.14. The van der Waals surface area contributed by atoms with Crippen molar-refractivity contribution in [1.29, 1.82) is 0 Å². The normalized spacial score (nSPS) is 10.6. The number of ether oxygens (including phenoxy) is 3. The Hall–Kier alpha value is -4.13. The zero-order valence-electron chi connectivity index (χ0n) is 18.3. The van der Waals surface area contributed by atoms with E-state index in [2.05, 4.69) is 10.6 Å². The molecule has 3 aromatic rings. The van der Waals surface area contributed by atoms with Gasteiger partial charge in [-0.1, -0.05) is 36.4 Å². The van der Waals surface area contributed by atoms with Gasteiger partial charge in [-0.15, -0.1) is 0 Å². The van der Waals surface area contributed by atoms with Crippen LogP contribution in [-0.2, 0) is 11.3 Å². The van der Waals surface area contributed by atoms with Crippen molar-refractivity contribution in [2.24, 2.45) is 0 Å². The molecule has 0 aliphatic carbocycles. The molecule has 0 saturated carbocycles. The second-order valence-electron chi connectivity index (χ2n) is 6.89. The van der Waals surface area contributed by atoms with E-state index < -0.39 is 0 Å². The standard InChI is InChI=1S/C25H27N3O4/c1-30-22-14-13-21(24(31-2)25(22)32-3)27-16-18-10-8-17(9-11-18)12-15-23(29)28-20-7-5-4-6-19(20)26/h4-15,27H,16,26H2,1-3H3,(H,28,29). The van der Waals surface area contributed by atoms with Crippen LogP contribution in [0.5, 0.6) is 17.2 Å². The van der Waals surface area contributed by atoms with Crippen molar-refractivity contribution in [1.82, 2.24) is 0 Å². The van der Waals surface area contributed by atoms with Crippen LogP contribution in [0.3, 0.4) is 0 Å². The van der Waals surface area contributed by atoms with E-state index in [0.717, 1.165) is 16.8 Å². The van der Waals surface area contributed by atoms with Crippen molar-refractivity contribution < 1.29 is 19.0 Å². The van der Waals surface area contributed by atoms with Crippen molar-refractivity contribution >= 4 is 29.0 Å². The lowest BCUT2D eigenvalue weighted by molar-refractivity contribution is -0.111. The molecule has 0 atom stereocenters. The number of nitrogens with one attached hydrogen (secondary N) is 2. The second-order valence-corrected chi connectivity index (χ2v) is 6.89. The minimum Gasteiger partial charge on any atom is -0.493 e. The minimum atomic E-state index is -0.241. The molecule has 0 bridgehead atoms. The van der Waals surface area contributed by atoms with Gasteiger partial charge in [0.25, 0.3) is 0 Å². The van der Waals surface area contributed by atoms with Crippen LogP contribution in [0.15, 0.2) is 66.7 Å². The highest BCUT2D eigenvalue weighted by molar-refractivity contribution is 6.03. The molecule has 7 nitrogen and oxygen atoms in total. The maximum atomic E-state index is 12.1. The van der Waals surface area contributed by atoms with Crippen molar-refractivity contribution in [3.63, 3.8) is 0 Å². The number of carbonyl (C=O) groups excluding carboxylic acids is 1. The lowest BCUT2D eigenvalue weighted by Gasteiger charge is -2.16. The number of carbonyl (C=O) groups is 1. The first kappa shape index (κ1) is 22.6.